The van der Waals surface area contributed by atoms with E-state index in [1.807, 2.05) is 0 Å². The van der Waals surface area contributed by atoms with Crippen molar-refractivity contribution in [3.63, 3.8) is 0 Å². The van der Waals surface area contributed by atoms with Crippen LogP contribution in [0.3, 0.4) is 0 Å². The number of phenolic OH excluding ortho intramolecular Hbond substituents is 1. The Morgan fingerprint density at radius 3 is 2.67 bits per heavy atom. The average Bonchev–Trinajstić information content (AvgIpc) is 2.50. The minimum absolute atomic E-state index is 0.0783. The van der Waals surface area contributed by atoms with E-state index in [-0.39, 0.29) is 11.7 Å². The summed E-state index contributed by atoms with van der Waals surface area (Å²) >= 11 is 3.29. The molecule has 21 heavy (non-hydrogen) atoms. The zero-order valence-electron chi connectivity index (χ0n) is 10.9. The van der Waals surface area contributed by atoms with Gasteiger partial charge in [0.1, 0.15) is 5.75 Å². The molecule has 0 saturated heterocycles. The van der Waals surface area contributed by atoms with E-state index in [0.29, 0.717) is 16.7 Å². The van der Waals surface area contributed by atoms with Gasteiger partial charge in [-0.05, 0) is 42.5 Å². The molecule has 0 unspecified atom stereocenters. The highest BCUT2D eigenvalue weighted by Gasteiger charge is 2.04. The number of benzene rings is 2. The standard InChI is InChI=1S/C16H11BrN2O2/c1-2-11-3-5-12(6-4-11)16(21)19-18-10-13-9-14(17)7-8-15(13)20/h1,3-10,20H,(H,19,21)/b18-10+. The summed E-state index contributed by atoms with van der Waals surface area (Å²) in [5.41, 5.74) is 4.03. The molecule has 0 fully saturated rings. The zero-order chi connectivity index (χ0) is 15.2. The van der Waals surface area contributed by atoms with Crippen molar-refractivity contribution < 1.29 is 9.90 Å². The third-order valence-corrected chi connectivity index (χ3v) is 3.17. The third-order valence-electron chi connectivity index (χ3n) is 2.67. The van der Waals surface area contributed by atoms with Gasteiger partial charge in [-0.25, -0.2) is 5.43 Å². The van der Waals surface area contributed by atoms with Crippen LogP contribution in [-0.4, -0.2) is 17.2 Å². The normalized spacial score (nSPS) is 10.3. The predicted octanol–water partition coefficient (Wildman–Crippen LogP) is 2.90. The van der Waals surface area contributed by atoms with Crippen LogP contribution in [0.2, 0.25) is 0 Å². The van der Waals surface area contributed by atoms with E-state index >= 15 is 0 Å². The number of halogens is 1. The van der Waals surface area contributed by atoms with Gasteiger partial charge < -0.3 is 5.11 Å². The molecule has 0 radical (unpaired) electrons. The molecule has 0 aliphatic heterocycles. The van der Waals surface area contributed by atoms with Crippen LogP contribution < -0.4 is 5.43 Å². The molecule has 2 N–H and O–H groups in total. The van der Waals surface area contributed by atoms with Gasteiger partial charge in [-0.15, -0.1) is 6.42 Å². The second-order valence-electron chi connectivity index (χ2n) is 4.12. The molecule has 2 rings (SSSR count). The molecule has 0 atom stereocenters. The molecule has 104 valence electrons. The highest BCUT2D eigenvalue weighted by atomic mass is 79.9. The largest absolute Gasteiger partial charge is 0.507 e. The van der Waals surface area contributed by atoms with Crippen molar-refractivity contribution in [2.24, 2.45) is 5.10 Å². The Morgan fingerprint density at radius 2 is 2.00 bits per heavy atom. The van der Waals surface area contributed by atoms with Crippen molar-refractivity contribution in [1.82, 2.24) is 5.43 Å². The maximum absolute atomic E-state index is 11.8. The van der Waals surface area contributed by atoms with Gasteiger partial charge in [-0.3, -0.25) is 4.79 Å². The quantitative estimate of drug-likeness (QED) is 0.511. The number of rotatable bonds is 3. The van der Waals surface area contributed by atoms with Gasteiger partial charge in [0.2, 0.25) is 0 Å². The summed E-state index contributed by atoms with van der Waals surface area (Å²) in [5.74, 6) is 2.20. The minimum Gasteiger partial charge on any atom is -0.507 e. The Balaban J connectivity index is 2.04. The number of phenols is 1. The summed E-state index contributed by atoms with van der Waals surface area (Å²) in [7, 11) is 0. The van der Waals surface area contributed by atoms with Crippen LogP contribution in [0.15, 0.2) is 52.0 Å². The van der Waals surface area contributed by atoms with E-state index in [2.05, 4.69) is 32.4 Å². The summed E-state index contributed by atoms with van der Waals surface area (Å²) in [6.07, 6.45) is 6.61. The molecule has 0 aliphatic rings. The van der Waals surface area contributed by atoms with Gasteiger partial charge in [-0.2, -0.15) is 5.10 Å². The smallest absolute Gasteiger partial charge is 0.271 e. The summed E-state index contributed by atoms with van der Waals surface area (Å²) in [6, 6.07) is 11.5. The van der Waals surface area contributed by atoms with E-state index in [1.165, 1.54) is 12.3 Å². The number of terminal acetylenes is 1. The molecule has 0 spiro atoms. The SMILES string of the molecule is C#Cc1ccc(C(=O)N/N=C/c2cc(Br)ccc2O)cc1. The maximum atomic E-state index is 11.8. The Bertz CT molecular complexity index is 731. The van der Waals surface area contributed by atoms with Gasteiger partial charge in [0.05, 0.1) is 6.21 Å². The number of carbonyl (C=O) groups is 1. The molecule has 0 aromatic heterocycles. The molecule has 0 heterocycles. The summed E-state index contributed by atoms with van der Waals surface area (Å²) < 4.78 is 0.804. The lowest BCUT2D eigenvalue weighted by molar-refractivity contribution is 0.0955. The molecule has 0 bridgehead atoms. The van der Waals surface area contributed by atoms with Gasteiger partial charge in [0, 0.05) is 21.2 Å². The van der Waals surface area contributed by atoms with E-state index in [9.17, 15) is 9.90 Å². The number of hydrogen-bond acceptors (Lipinski definition) is 3. The third kappa shape index (κ3) is 3.94. The molecule has 5 heteroatoms. The monoisotopic (exact) mass is 342 g/mol. The van der Waals surface area contributed by atoms with Gasteiger partial charge in [-0.1, -0.05) is 21.9 Å². The van der Waals surface area contributed by atoms with Crippen LogP contribution in [0.1, 0.15) is 21.5 Å². The summed E-state index contributed by atoms with van der Waals surface area (Å²) in [5, 5.41) is 13.4. The van der Waals surface area contributed by atoms with E-state index in [1.54, 1.807) is 36.4 Å². The molecular formula is C16H11BrN2O2. The highest BCUT2D eigenvalue weighted by Crippen LogP contribution is 2.19. The van der Waals surface area contributed by atoms with Crippen LogP contribution in [0.25, 0.3) is 0 Å². The highest BCUT2D eigenvalue weighted by molar-refractivity contribution is 9.10. The van der Waals surface area contributed by atoms with Gasteiger partial charge in [0.25, 0.3) is 5.91 Å². The fraction of sp³-hybridized carbons (Fsp3) is 0. The first kappa shape index (κ1) is 14.8. The first-order valence-electron chi connectivity index (χ1n) is 5.99. The first-order chi connectivity index (χ1) is 10.1. The maximum Gasteiger partial charge on any atom is 0.271 e. The van der Waals surface area contributed by atoms with Gasteiger partial charge in [0.15, 0.2) is 0 Å². The lowest BCUT2D eigenvalue weighted by Crippen LogP contribution is -2.17. The lowest BCUT2D eigenvalue weighted by Gasteiger charge is -2.01. The Hall–Kier alpha value is -2.58. The molecule has 0 saturated carbocycles. The fourth-order valence-electron chi connectivity index (χ4n) is 1.57. The number of nitrogens with zero attached hydrogens (tertiary/aromatic N) is 1. The van der Waals surface area contributed by atoms with Crippen LogP contribution >= 0.6 is 15.9 Å². The van der Waals surface area contributed by atoms with E-state index < -0.39 is 0 Å². The van der Waals surface area contributed by atoms with Crippen molar-refractivity contribution in [2.75, 3.05) is 0 Å². The molecular weight excluding hydrogens is 332 g/mol. The second-order valence-corrected chi connectivity index (χ2v) is 5.04. The average molecular weight is 343 g/mol. The topological polar surface area (TPSA) is 61.7 Å². The number of aromatic hydroxyl groups is 1. The zero-order valence-corrected chi connectivity index (χ0v) is 12.5. The fourth-order valence-corrected chi connectivity index (χ4v) is 1.95. The van der Waals surface area contributed by atoms with E-state index in [0.717, 1.165) is 4.47 Å². The molecule has 2 aromatic carbocycles. The second kappa shape index (κ2) is 6.73. The molecule has 1 amide bonds. The number of carbonyl (C=O) groups excluding carboxylic acids is 1. The number of hydrogen-bond donors (Lipinski definition) is 2. The van der Waals surface area contributed by atoms with Crippen LogP contribution in [0.4, 0.5) is 0 Å². The number of amides is 1. The van der Waals surface area contributed by atoms with Crippen LogP contribution in [0, 0.1) is 12.3 Å². The van der Waals surface area contributed by atoms with Crippen molar-refractivity contribution in [2.45, 2.75) is 0 Å². The molecule has 2 aromatic rings. The lowest BCUT2D eigenvalue weighted by atomic mass is 10.1. The number of hydrazone groups is 1. The predicted molar refractivity (Wildman–Crippen MR) is 85.2 cm³/mol. The van der Waals surface area contributed by atoms with E-state index in [4.69, 9.17) is 6.42 Å². The van der Waals surface area contributed by atoms with Crippen LogP contribution in [0.5, 0.6) is 5.75 Å². The van der Waals surface area contributed by atoms with Gasteiger partial charge >= 0.3 is 0 Å². The van der Waals surface area contributed by atoms with Crippen molar-refractivity contribution in [1.29, 1.82) is 0 Å². The Morgan fingerprint density at radius 1 is 1.29 bits per heavy atom. The van der Waals surface area contributed by atoms with Crippen molar-refractivity contribution in [3.05, 3.63) is 63.6 Å². The molecule has 4 nitrogen and oxygen atoms in total. The number of nitrogens with one attached hydrogen (secondary N) is 1. The minimum atomic E-state index is -0.357. The summed E-state index contributed by atoms with van der Waals surface area (Å²) in [4.78, 5) is 11.8. The Kier molecular flexibility index (Phi) is 4.75. The van der Waals surface area contributed by atoms with Crippen molar-refractivity contribution in [3.8, 4) is 18.1 Å². The Labute approximate surface area is 130 Å². The van der Waals surface area contributed by atoms with Crippen molar-refractivity contribution >= 4 is 28.1 Å². The summed E-state index contributed by atoms with van der Waals surface area (Å²) in [6.45, 7) is 0. The first-order valence-corrected chi connectivity index (χ1v) is 6.78. The molecule has 0 aliphatic carbocycles. The van der Waals surface area contributed by atoms with Crippen LogP contribution in [-0.2, 0) is 0 Å².